The maximum Gasteiger partial charge on any atom is 0.280 e. The van der Waals surface area contributed by atoms with Gasteiger partial charge in [-0.3, -0.25) is 14.9 Å². The second-order valence-corrected chi connectivity index (χ2v) is 2.33. The Morgan fingerprint density at radius 2 is 1.86 bits per heavy atom. The molecule has 0 amide bonds. The Kier molecular flexibility index (Phi) is 5.65. The van der Waals surface area contributed by atoms with E-state index in [1.165, 1.54) is 25.1 Å². The molecule has 0 saturated carbocycles. The molecule has 0 aliphatic heterocycles. The number of rotatable bonds is 2. The van der Waals surface area contributed by atoms with Gasteiger partial charge in [-0.25, -0.2) is 0 Å². The van der Waals surface area contributed by atoms with Gasteiger partial charge in [0.25, 0.3) is 5.69 Å². The Morgan fingerprint density at radius 3 is 2.21 bits per heavy atom. The van der Waals surface area contributed by atoms with E-state index in [1.54, 1.807) is 6.07 Å². The molecule has 0 aromatic heterocycles. The average Bonchev–Trinajstić information content (AvgIpc) is 2.20. The summed E-state index contributed by atoms with van der Waals surface area (Å²) in [4.78, 5) is 20.7. The maximum atomic E-state index is 10.9. The minimum absolute atomic E-state index is 0.134. The Hall–Kier alpha value is -1.28. The van der Waals surface area contributed by atoms with Crippen LogP contribution in [0.4, 0.5) is 5.69 Å². The predicted molar refractivity (Wildman–Crippen MR) is 58.7 cm³/mol. The topological polar surface area (TPSA) is 60.2 Å². The summed E-state index contributed by atoms with van der Waals surface area (Å²) < 4.78 is 0. The van der Waals surface area contributed by atoms with E-state index in [-0.39, 0.29) is 17.0 Å². The van der Waals surface area contributed by atoms with Gasteiger partial charge < -0.3 is 0 Å². The molecule has 0 N–H and O–H groups in total. The lowest BCUT2D eigenvalue weighted by molar-refractivity contribution is -0.385. The molecule has 0 aliphatic carbocycles. The number of nitro benzene ring substituents is 1. The average molecular weight is 213 g/mol. The van der Waals surface area contributed by atoms with Gasteiger partial charge in [-0.15, -0.1) is 9.24 Å². The van der Waals surface area contributed by atoms with Crippen molar-refractivity contribution in [2.75, 3.05) is 6.66 Å². The highest BCUT2D eigenvalue weighted by atomic mass is 31.0. The largest absolute Gasteiger partial charge is 0.294 e. The number of hydrogen-bond donors (Lipinski definition) is 0. The quantitative estimate of drug-likeness (QED) is 0.327. The molecular formula is C9H12NO3P. The normalized spacial score (nSPS) is 8.50. The van der Waals surface area contributed by atoms with E-state index in [0.29, 0.717) is 0 Å². The van der Waals surface area contributed by atoms with Crippen molar-refractivity contribution >= 4 is 20.7 Å². The lowest BCUT2D eigenvalue weighted by Crippen LogP contribution is -1.98. The number of benzene rings is 1. The summed E-state index contributed by atoms with van der Waals surface area (Å²) in [5.74, 6) is -0.290. The van der Waals surface area contributed by atoms with Crippen LogP contribution in [0.5, 0.6) is 0 Å². The fourth-order valence-electron chi connectivity index (χ4n) is 0.931. The molecular weight excluding hydrogens is 201 g/mol. The molecule has 0 heterocycles. The number of carbonyl (C=O) groups is 1. The lowest BCUT2D eigenvalue weighted by atomic mass is 10.1. The first-order valence-corrected chi connectivity index (χ1v) is 5.10. The molecule has 0 saturated heterocycles. The van der Waals surface area contributed by atoms with Crippen molar-refractivity contribution in [3.8, 4) is 0 Å². The van der Waals surface area contributed by atoms with Crippen LogP contribution >= 0.6 is 9.24 Å². The first kappa shape index (κ1) is 12.7. The molecule has 76 valence electrons. The van der Waals surface area contributed by atoms with E-state index < -0.39 is 4.92 Å². The van der Waals surface area contributed by atoms with E-state index >= 15 is 0 Å². The summed E-state index contributed by atoms with van der Waals surface area (Å²) in [7, 11) is 2.42. The second kappa shape index (κ2) is 6.22. The number of carbonyl (C=O) groups excluding carboxylic acids is 1. The van der Waals surface area contributed by atoms with E-state index in [9.17, 15) is 14.9 Å². The van der Waals surface area contributed by atoms with Gasteiger partial charge in [-0.05, 0) is 13.0 Å². The molecule has 1 rings (SSSR count). The summed E-state index contributed by atoms with van der Waals surface area (Å²) in [5.41, 5.74) is 0.0208. The third-order valence-electron chi connectivity index (χ3n) is 1.48. The van der Waals surface area contributed by atoms with Gasteiger partial charge >= 0.3 is 0 Å². The smallest absolute Gasteiger partial charge is 0.280 e. The lowest BCUT2D eigenvalue weighted by Gasteiger charge is -1.95. The Bertz CT molecular complexity index is 306. The van der Waals surface area contributed by atoms with Gasteiger partial charge in [-0.2, -0.15) is 0 Å². The second-order valence-electron chi connectivity index (χ2n) is 2.33. The molecule has 14 heavy (non-hydrogen) atoms. The first-order valence-electron chi connectivity index (χ1n) is 3.95. The van der Waals surface area contributed by atoms with Crippen LogP contribution in [0.2, 0.25) is 0 Å². The third-order valence-corrected chi connectivity index (χ3v) is 1.48. The van der Waals surface area contributed by atoms with Crippen LogP contribution in [0.1, 0.15) is 17.3 Å². The zero-order chi connectivity index (χ0) is 11.1. The SMILES string of the molecule is CC(=O)c1ccccc1[N+](=O)[O-].CP. The van der Waals surface area contributed by atoms with E-state index in [1.807, 2.05) is 6.66 Å². The molecule has 5 heteroatoms. The Morgan fingerprint density at radius 1 is 1.36 bits per heavy atom. The molecule has 0 radical (unpaired) electrons. The van der Waals surface area contributed by atoms with Gasteiger partial charge in [0.15, 0.2) is 5.78 Å². The fourth-order valence-corrected chi connectivity index (χ4v) is 0.931. The fraction of sp³-hybridized carbons (Fsp3) is 0.222. The third kappa shape index (κ3) is 3.23. The number of para-hydroxylation sites is 1. The van der Waals surface area contributed by atoms with Crippen molar-refractivity contribution in [1.82, 2.24) is 0 Å². The number of nitro groups is 1. The minimum atomic E-state index is -0.559. The minimum Gasteiger partial charge on any atom is -0.294 e. The molecule has 0 aliphatic rings. The van der Waals surface area contributed by atoms with Gasteiger partial charge in [0.05, 0.1) is 10.5 Å². The molecule has 0 fully saturated rings. The van der Waals surface area contributed by atoms with Crippen molar-refractivity contribution in [3.05, 3.63) is 39.9 Å². The van der Waals surface area contributed by atoms with Crippen LogP contribution in [0.25, 0.3) is 0 Å². The van der Waals surface area contributed by atoms with Crippen LogP contribution in [-0.4, -0.2) is 17.4 Å². The van der Waals surface area contributed by atoms with Crippen molar-refractivity contribution in [3.63, 3.8) is 0 Å². The van der Waals surface area contributed by atoms with Crippen molar-refractivity contribution < 1.29 is 9.72 Å². The van der Waals surface area contributed by atoms with Crippen LogP contribution in [0, 0.1) is 10.1 Å². The summed E-state index contributed by atoms with van der Waals surface area (Å²) in [6, 6.07) is 5.89. The predicted octanol–water partition coefficient (Wildman–Crippen LogP) is 2.29. The zero-order valence-corrected chi connectivity index (χ0v) is 9.21. The van der Waals surface area contributed by atoms with Gasteiger partial charge in [-0.1, -0.05) is 18.8 Å². The van der Waals surface area contributed by atoms with Gasteiger partial charge in [0, 0.05) is 6.07 Å². The van der Waals surface area contributed by atoms with Crippen LogP contribution in [-0.2, 0) is 0 Å². The number of Topliss-reactive ketones (excluding diaryl/α,β-unsaturated/α-hetero) is 1. The van der Waals surface area contributed by atoms with Crippen molar-refractivity contribution in [1.29, 1.82) is 0 Å². The standard InChI is InChI=1S/C8H7NO3.CH5P/c1-6(10)7-4-2-3-5-8(7)9(11)12;1-2/h2-5H,1H3;2H2,1H3. The highest BCUT2D eigenvalue weighted by Gasteiger charge is 2.14. The van der Waals surface area contributed by atoms with Crippen molar-refractivity contribution in [2.24, 2.45) is 0 Å². The summed E-state index contributed by atoms with van der Waals surface area (Å²) in [6.45, 7) is 3.22. The number of ketones is 1. The summed E-state index contributed by atoms with van der Waals surface area (Å²) in [6.07, 6.45) is 0. The summed E-state index contributed by atoms with van der Waals surface area (Å²) >= 11 is 0. The van der Waals surface area contributed by atoms with E-state index in [0.717, 1.165) is 0 Å². The van der Waals surface area contributed by atoms with Crippen LogP contribution in [0.15, 0.2) is 24.3 Å². The molecule has 4 nitrogen and oxygen atoms in total. The molecule has 1 aromatic rings. The van der Waals surface area contributed by atoms with Crippen LogP contribution in [0.3, 0.4) is 0 Å². The molecule has 0 spiro atoms. The number of nitrogens with zero attached hydrogens (tertiary/aromatic N) is 1. The first-order chi connectivity index (χ1) is 6.63. The highest BCUT2D eigenvalue weighted by Crippen LogP contribution is 2.17. The molecule has 1 atom stereocenters. The molecule has 1 aromatic carbocycles. The van der Waals surface area contributed by atoms with Gasteiger partial charge in [0.2, 0.25) is 0 Å². The maximum absolute atomic E-state index is 10.9. The van der Waals surface area contributed by atoms with Crippen LogP contribution < -0.4 is 0 Å². The Balaban J connectivity index is 0.000000791. The zero-order valence-electron chi connectivity index (χ0n) is 8.06. The van der Waals surface area contributed by atoms with E-state index in [4.69, 9.17) is 0 Å². The molecule has 1 unspecified atom stereocenters. The van der Waals surface area contributed by atoms with Crippen molar-refractivity contribution in [2.45, 2.75) is 6.92 Å². The van der Waals surface area contributed by atoms with Gasteiger partial charge in [0.1, 0.15) is 0 Å². The summed E-state index contributed by atoms with van der Waals surface area (Å²) in [5, 5.41) is 10.4. The monoisotopic (exact) mass is 213 g/mol. The Labute approximate surface area is 84.7 Å². The molecule has 0 bridgehead atoms. The highest BCUT2D eigenvalue weighted by molar-refractivity contribution is 7.15. The van der Waals surface area contributed by atoms with E-state index in [2.05, 4.69) is 9.24 Å². The number of hydrogen-bond acceptors (Lipinski definition) is 3.